The molecule has 2 amide bonds. The van der Waals surface area contributed by atoms with Gasteiger partial charge >= 0.3 is 0 Å². The molecule has 5 nitrogen and oxygen atoms in total. The summed E-state index contributed by atoms with van der Waals surface area (Å²) in [5.41, 5.74) is 0.966. The second kappa shape index (κ2) is 13.0. The number of amides is 2. The molecule has 2 aromatic carbocycles. The maximum atomic E-state index is 13.2. The number of carbonyl (C=O) groups is 2. The molecule has 1 atom stereocenters. The van der Waals surface area contributed by atoms with Crippen molar-refractivity contribution in [1.29, 1.82) is 0 Å². The van der Waals surface area contributed by atoms with E-state index in [9.17, 15) is 9.59 Å². The van der Waals surface area contributed by atoms with Gasteiger partial charge in [0.2, 0.25) is 11.8 Å². The van der Waals surface area contributed by atoms with Crippen LogP contribution in [-0.2, 0) is 16.1 Å². The Balaban J connectivity index is 2.15. The number of rotatable bonds is 12. The molecular formula is C24H32N2O3S. The van der Waals surface area contributed by atoms with Crippen molar-refractivity contribution < 1.29 is 14.3 Å². The number of unbranched alkanes of at least 4 members (excludes halogenated alkanes) is 1. The van der Waals surface area contributed by atoms with Gasteiger partial charge in [-0.1, -0.05) is 50.6 Å². The number of nitrogens with one attached hydrogen (secondary N) is 1. The number of thioether (sulfide) groups is 1. The van der Waals surface area contributed by atoms with E-state index in [1.807, 2.05) is 61.5 Å². The van der Waals surface area contributed by atoms with E-state index in [0.29, 0.717) is 25.3 Å². The van der Waals surface area contributed by atoms with Crippen LogP contribution in [-0.4, -0.2) is 42.2 Å². The van der Waals surface area contributed by atoms with E-state index in [1.165, 1.54) is 11.8 Å². The molecule has 0 spiro atoms. The average molecular weight is 429 g/mol. The van der Waals surface area contributed by atoms with Gasteiger partial charge in [0.15, 0.2) is 0 Å². The quantitative estimate of drug-likeness (QED) is 0.399. The smallest absolute Gasteiger partial charge is 0.242 e. The molecule has 2 rings (SSSR count). The summed E-state index contributed by atoms with van der Waals surface area (Å²) in [6.07, 6.45) is 2.51. The Labute approximate surface area is 184 Å². The fraction of sp³-hybridized carbons (Fsp3) is 0.417. The third-order valence-corrected chi connectivity index (χ3v) is 5.83. The van der Waals surface area contributed by atoms with Crippen molar-refractivity contribution in [2.75, 3.05) is 19.4 Å². The molecule has 0 aliphatic carbocycles. The Bertz CT molecular complexity index is 781. The Morgan fingerprint density at radius 2 is 1.77 bits per heavy atom. The highest BCUT2D eigenvalue weighted by Crippen LogP contribution is 2.21. The van der Waals surface area contributed by atoms with Crippen LogP contribution < -0.4 is 10.1 Å². The lowest BCUT2D eigenvalue weighted by Gasteiger charge is -2.30. The maximum absolute atomic E-state index is 13.2. The second-order valence-corrected chi connectivity index (χ2v) is 8.09. The summed E-state index contributed by atoms with van der Waals surface area (Å²) in [5, 5.41) is 2.99. The van der Waals surface area contributed by atoms with Gasteiger partial charge in [-0.15, -0.1) is 11.8 Å². The Morgan fingerprint density at radius 3 is 2.37 bits per heavy atom. The van der Waals surface area contributed by atoms with E-state index in [2.05, 4.69) is 12.2 Å². The number of benzene rings is 2. The predicted octanol–water partition coefficient (Wildman–Crippen LogP) is 4.51. The van der Waals surface area contributed by atoms with Crippen LogP contribution in [0.5, 0.6) is 5.75 Å². The Morgan fingerprint density at radius 1 is 1.07 bits per heavy atom. The first kappa shape index (κ1) is 23.8. The average Bonchev–Trinajstić information content (AvgIpc) is 2.78. The molecule has 162 valence electrons. The largest absolute Gasteiger partial charge is 0.497 e. The van der Waals surface area contributed by atoms with Crippen molar-refractivity contribution in [2.24, 2.45) is 0 Å². The molecule has 0 heterocycles. The van der Waals surface area contributed by atoms with Gasteiger partial charge in [0.25, 0.3) is 0 Å². The highest BCUT2D eigenvalue weighted by Gasteiger charge is 2.28. The normalized spacial score (nSPS) is 11.6. The van der Waals surface area contributed by atoms with Crippen LogP contribution in [0, 0.1) is 0 Å². The maximum Gasteiger partial charge on any atom is 0.242 e. The van der Waals surface area contributed by atoms with Gasteiger partial charge in [0.1, 0.15) is 11.8 Å². The monoisotopic (exact) mass is 428 g/mol. The molecule has 6 heteroatoms. The molecule has 1 N–H and O–H groups in total. The Kier molecular flexibility index (Phi) is 10.3. The highest BCUT2D eigenvalue weighted by atomic mass is 32.2. The molecule has 0 aliphatic rings. The molecule has 0 aromatic heterocycles. The lowest BCUT2D eigenvalue weighted by molar-refractivity contribution is -0.139. The van der Waals surface area contributed by atoms with Crippen molar-refractivity contribution in [2.45, 2.75) is 50.6 Å². The van der Waals surface area contributed by atoms with E-state index in [-0.39, 0.29) is 11.8 Å². The zero-order valence-electron chi connectivity index (χ0n) is 18.1. The van der Waals surface area contributed by atoms with Crippen LogP contribution >= 0.6 is 11.8 Å². The molecule has 0 unspecified atom stereocenters. The molecule has 0 aliphatic heterocycles. The van der Waals surface area contributed by atoms with Crippen molar-refractivity contribution >= 4 is 23.6 Å². The predicted molar refractivity (Wildman–Crippen MR) is 123 cm³/mol. The van der Waals surface area contributed by atoms with Crippen molar-refractivity contribution in [1.82, 2.24) is 10.2 Å². The van der Waals surface area contributed by atoms with Gasteiger partial charge in [-0.3, -0.25) is 9.59 Å². The second-order valence-electron chi connectivity index (χ2n) is 7.04. The first-order valence-electron chi connectivity index (χ1n) is 10.5. The summed E-state index contributed by atoms with van der Waals surface area (Å²) < 4.78 is 5.22. The highest BCUT2D eigenvalue weighted by molar-refractivity contribution is 8.00. The third kappa shape index (κ3) is 7.41. The number of hydrogen-bond acceptors (Lipinski definition) is 4. The summed E-state index contributed by atoms with van der Waals surface area (Å²) in [5.74, 6) is 0.925. The van der Waals surface area contributed by atoms with E-state index in [4.69, 9.17) is 4.74 Å². The van der Waals surface area contributed by atoms with Gasteiger partial charge in [0.05, 0.1) is 12.9 Å². The van der Waals surface area contributed by atoms with Crippen LogP contribution in [0.1, 0.15) is 38.7 Å². The van der Waals surface area contributed by atoms with E-state index in [0.717, 1.165) is 29.1 Å². The van der Waals surface area contributed by atoms with E-state index < -0.39 is 6.04 Å². The summed E-state index contributed by atoms with van der Waals surface area (Å²) >= 11 is 1.49. The first-order valence-corrected chi connectivity index (χ1v) is 11.5. The van der Waals surface area contributed by atoms with E-state index >= 15 is 0 Å². The summed E-state index contributed by atoms with van der Waals surface area (Å²) in [7, 11) is 1.62. The molecule has 0 saturated carbocycles. The van der Waals surface area contributed by atoms with Crippen molar-refractivity contribution in [3.05, 3.63) is 60.2 Å². The zero-order valence-corrected chi connectivity index (χ0v) is 18.9. The molecule has 30 heavy (non-hydrogen) atoms. The number of carbonyl (C=O) groups excluding carboxylic acids is 2. The molecule has 0 fully saturated rings. The summed E-state index contributed by atoms with van der Waals surface area (Å²) in [6.45, 7) is 5.06. The number of methoxy groups -OCH3 is 1. The van der Waals surface area contributed by atoms with Gasteiger partial charge < -0.3 is 15.0 Å². The fourth-order valence-corrected chi connectivity index (χ4v) is 3.90. The van der Waals surface area contributed by atoms with Gasteiger partial charge in [0, 0.05) is 18.0 Å². The van der Waals surface area contributed by atoms with Crippen LogP contribution in [0.2, 0.25) is 0 Å². The molecule has 0 radical (unpaired) electrons. The van der Waals surface area contributed by atoms with Gasteiger partial charge in [-0.25, -0.2) is 0 Å². The fourth-order valence-electron chi connectivity index (χ4n) is 3.10. The number of hydrogen-bond donors (Lipinski definition) is 1. The lowest BCUT2D eigenvalue weighted by atomic mass is 10.1. The molecule has 2 aromatic rings. The topological polar surface area (TPSA) is 58.6 Å². The van der Waals surface area contributed by atoms with Crippen molar-refractivity contribution in [3.8, 4) is 5.75 Å². The Hall–Kier alpha value is -2.47. The molecule has 0 bridgehead atoms. The summed E-state index contributed by atoms with van der Waals surface area (Å²) in [6, 6.07) is 17.0. The minimum Gasteiger partial charge on any atom is -0.497 e. The number of ether oxygens (including phenoxy) is 1. The van der Waals surface area contributed by atoms with Crippen LogP contribution in [0.3, 0.4) is 0 Å². The molecule has 0 saturated heterocycles. The van der Waals surface area contributed by atoms with Crippen molar-refractivity contribution in [3.63, 3.8) is 0 Å². The van der Waals surface area contributed by atoms with Crippen LogP contribution in [0.15, 0.2) is 59.5 Å². The van der Waals surface area contributed by atoms with Crippen LogP contribution in [0.25, 0.3) is 0 Å². The SMILES string of the molecule is CCCCNC(=O)[C@H](CC)N(Cc1ccc(OC)cc1)C(=O)CSc1ccccc1. The third-order valence-electron chi connectivity index (χ3n) is 4.83. The standard InChI is InChI=1S/C24H32N2O3S/c1-4-6-16-25-24(28)22(5-2)26(17-19-12-14-20(29-3)15-13-19)23(27)18-30-21-10-8-7-9-11-21/h7-15,22H,4-6,16-18H2,1-3H3,(H,25,28)/t22-/m0/s1. The number of nitrogens with zero attached hydrogens (tertiary/aromatic N) is 1. The van der Waals surface area contributed by atoms with E-state index in [1.54, 1.807) is 12.0 Å². The summed E-state index contributed by atoms with van der Waals surface area (Å²) in [4.78, 5) is 28.8. The van der Waals surface area contributed by atoms with Gasteiger partial charge in [-0.2, -0.15) is 0 Å². The van der Waals surface area contributed by atoms with Crippen LogP contribution in [0.4, 0.5) is 0 Å². The first-order chi connectivity index (χ1) is 14.6. The van der Waals surface area contributed by atoms with Gasteiger partial charge in [-0.05, 0) is 42.7 Å². The molecular weight excluding hydrogens is 396 g/mol. The zero-order chi connectivity index (χ0) is 21.8. The lowest BCUT2D eigenvalue weighted by Crippen LogP contribution is -2.49. The minimum atomic E-state index is -0.493. The minimum absolute atomic E-state index is 0.0443.